The third-order valence-electron chi connectivity index (χ3n) is 4.78. The molecule has 1 unspecified atom stereocenters. The van der Waals surface area contributed by atoms with Crippen molar-refractivity contribution in [2.24, 2.45) is 20.0 Å². The van der Waals surface area contributed by atoms with Gasteiger partial charge in [-0.2, -0.15) is 0 Å². The van der Waals surface area contributed by atoms with E-state index in [1.54, 1.807) is 13.2 Å². The molecule has 26 heavy (non-hydrogen) atoms. The first-order chi connectivity index (χ1) is 12.4. The van der Waals surface area contributed by atoms with Crippen LogP contribution < -0.4 is 21.5 Å². The molecule has 0 radical (unpaired) electrons. The number of nitrogens with one attached hydrogen (secondary N) is 1. The van der Waals surface area contributed by atoms with Crippen LogP contribution in [0.25, 0.3) is 0 Å². The minimum Gasteiger partial charge on any atom is -0.357 e. The summed E-state index contributed by atoms with van der Waals surface area (Å²) in [4.78, 5) is 42.8. The van der Waals surface area contributed by atoms with Crippen molar-refractivity contribution in [2.75, 3.05) is 23.3 Å². The zero-order chi connectivity index (χ0) is 18.8. The third-order valence-corrected chi connectivity index (χ3v) is 4.78. The zero-order valence-electron chi connectivity index (χ0n) is 15.2. The average Bonchev–Trinajstić information content (AvgIpc) is 2.63. The van der Waals surface area contributed by atoms with Crippen molar-refractivity contribution in [1.82, 2.24) is 14.1 Å². The van der Waals surface area contributed by atoms with Gasteiger partial charge in [0.15, 0.2) is 0 Å². The summed E-state index contributed by atoms with van der Waals surface area (Å²) in [6.45, 7) is 3.10. The number of rotatable bonds is 3. The number of hydrogen-bond donors (Lipinski definition) is 1. The molecule has 1 atom stereocenters. The summed E-state index contributed by atoms with van der Waals surface area (Å²) in [6.07, 6.45) is 3.23. The Labute approximate surface area is 151 Å². The predicted octanol–water partition coefficient (Wildman–Crippen LogP) is 0.643. The molecule has 1 fully saturated rings. The van der Waals surface area contributed by atoms with Crippen molar-refractivity contribution >= 4 is 17.5 Å². The topological polar surface area (TPSA) is 89.2 Å². The SMILES string of the molecule is Cc1ccnc(NC(=O)C2CCCN(c3cc(=O)n(C)c(=O)n3C)C2)c1. The van der Waals surface area contributed by atoms with Gasteiger partial charge in [-0.05, 0) is 37.5 Å². The van der Waals surface area contributed by atoms with E-state index in [-0.39, 0.29) is 23.1 Å². The van der Waals surface area contributed by atoms with Crippen LogP contribution in [0.4, 0.5) is 11.6 Å². The van der Waals surface area contributed by atoms with E-state index in [1.807, 2.05) is 24.0 Å². The number of pyridine rings is 1. The van der Waals surface area contributed by atoms with Crippen LogP contribution in [0, 0.1) is 12.8 Å². The van der Waals surface area contributed by atoms with Gasteiger partial charge < -0.3 is 10.2 Å². The van der Waals surface area contributed by atoms with Gasteiger partial charge in [-0.15, -0.1) is 0 Å². The quantitative estimate of drug-likeness (QED) is 0.871. The summed E-state index contributed by atoms with van der Waals surface area (Å²) < 4.78 is 2.52. The predicted molar refractivity (Wildman–Crippen MR) is 99.5 cm³/mol. The van der Waals surface area contributed by atoms with Gasteiger partial charge in [0.05, 0.1) is 5.92 Å². The molecular formula is C18H23N5O3. The monoisotopic (exact) mass is 357 g/mol. The second-order valence-corrected chi connectivity index (χ2v) is 6.73. The van der Waals surface area contributed by atoms with E-state index in [0.717, 1.165) is 23.0 Å². The van der Waals surface area contributed by atoms with Crippen LogP contribution >= 0.6 is 0 Å². The van der Waals surface area contributed by atoms with Crippen molar-refractivity contribution in [2.45, 2.75) is 19.8 Å². The summed E-state index contributed by atoms with van der Waals surface area (Å²) >= 11 is 0. The number of anilines is 2. The summed E-state index contributed by atoms with van der Waals surface area (Å²) in [7, 11) is 3.09. The van der Waals surface area contributed by atoms with Gasteiger partial charge in [-0.1, -0.05) is 0 Å². The fraction of sp³-hybridized carbons (Fsp3) is 0.444. The normalized spacial score (nSPS) is 17.2. The highest BCUT2D eigenvalue weighted by Crippen LogP contribution is 2.22. The zero-order valence-corrected chi connectivity index (χ0v) is 15.2. The van der Waals surface area contributed by atoms with E-state index < -0.39 is 0 Å². The minimum atomic E-state index is -0.372. The molecule has 1 amide bonds. The molecular weight excluding hydrogens is 334 g/mol. The van der Waals surface area contributed by atoms with Crippen LogP contribution in [-0.4, -0.2) is 33.1 Å². The highest BCUT2D eigenvalue weighted by atomic mass is 16.2. The number of carbonyl (C=O) groups is 1. The Morgan fingerprint density at radius 3 is 2.73 bits per heavy atom. The van der Waals surface area contributed by atoms with Crippen LogP contribution in [0.1, 0.15) is 18.4 Å². The molecule has 8 heteroatoms. The van der Waals surface area contributed by atoms with Gasteiger partial charge in [-0.3, -0.25) is 18.7 Å². The smallest absolute Gasteiger partial charge is 0.332 e. The molecule has 0 bridgehead atoms. The first kappa shape index (κ1) is 17.9. The summed E-state index contributed by atoms with van der Waals surface area (Å²) in [5, 5.41) is 2.86. The first-order valence-corrected chi connectivity index (χ1v) is 8.62. The summed E-state index contributed by atoms with van der Waals surface area (Å²) in [5.74, 6) is 0.754. The first-order valence-electron chi connectivity index (χ1n) is 8.62. The standard InChI is InChI=1S/C18H23N5O3/c1-12-6-7-19-14(9-12)20-17(25)13-5-4-8-23(11-13)15-10-16(24)22(3)18(26)21(15)2/h6-7,9-10,13H,4-5,8,11H2,1-3H3,(H,19,20,25). The van der Waals surface area contributed by atoms with Gasteiger partial charge >= 0.3 is 5.69 Å². The number of aryl methyl sites for hydroxylation is 1. The largest absolute Gasteiger partial charge is 0.357 e. The lowest BCUT2D eigenvalue weighted by atomic mass is 9.97. The molecule has 1 aliphatic rings. The molecule has 2 aromatic heterocycles. The fourth-order valence-electron chi connectivity index (χ4n) is 3.26. The highest BCUT2D eigenvalue weighted by Gasteiger charge is 2.27. The van der Waals surface area contributed by atoms with Gasteiger partial charge in [0.25, 0.3) is 5.56 Å². The van der Waals surface area contributed by atoms with Crippen LogP contribution in [0.15, 0.2) is 34.0 Å². The molecule has 1 saturated heterocycles. The molecule has 8 nitrogen and oxygen atoms in total. The highest BCUT2D eigenvalue weighted by molar-refractivity contribution is 5.92. The lowest BCUT2D eigenvalue weighted by Crippen LogP contribution is -2.45. The van der Waals surface area contributed by atoms with Crippen molar-refractivity contribution in [3.8, 4) is 0 Å². The van der Waals surface area contributed by atoms with Crippen molar-refractivity contribution < 1.29 is 4.79 Å². The number of piperidine rings is 1. The van der Waals surface area contributed by atoms with Crippen molar-refractivity contribution in [1.29, 1.82) is 0 Å². The Morgan fingerprint density at radius 2 is 2.00 bits per heavy atom. The average molecular weight is 357 g/mol. The van der Waals surface area contributed by atoms with E-state index >= 15 is 0 Å². The van der Waals surface area contributed by atoms with Crippen LogP contribution in [0.5, 0.6) is 0 Å². The Bertz CT molecular complexity index is 947. The molecule has 0 aromatic carbocycles. The molecule has 138 valence electrons. The van der Waals surface area contributed by atoms with Crippen molar-refractivity contribution in [3.63, 3.8) is 0 Å². The molecule has 0 aliphatic carbocycles. The second-order valence-electron chi connectivity index (χ2n) is 6.73. The third kappa shape index (κ3) is 3.54. The van der Waals surface area contributed by atoms with Gasteiger partial charge in [0.1, 0.15) is 11.6 Å². The number of amides is 1. The number of carbonyl (C=O) groups excluding carboxylic acids is 1. The molecule has 0 spiro atoms. The molecule has 3 rings (SSSR count). The van der Waals surface area contributed by atoms with E-state index in [2.05, 4.69) is 10.3 Å². The molecule has 2 aromatic rings. The Kier molecular flexibility index (Phi) is 4.92. The van der Waals surface area contributed by atoms with Crippen LogP contribution in [0.3, 0.4) is 0 Å². The lowest BCUT2D eigenvalue weighted by molar-refractivity contribution is -0.120. The van der Waals surface area contributed by atoms with E-state index in [9.17, 15) is 14.4 Å². The number of hydrogen-bond acceptors (Lipinski definition) is 5. The number of aromatic nitrogens is 3. The van der Waals surface area contributed by atoms with Crippen LogP contribution in [-0.2, 0) is 18.9 Å². The number of nitrogens with zero attached hydrogens (tertiary/aromatic N) is 4. The fourth-order valence-corrected chi connectivity index (χ4v) is 3.26. The Hall–Kier alpha value is -2.90. The van der Waals surface area contributed by atoms with Crippen molar-refractivity contribution in [3.05, 3.63) is 50.8 Å². The lowest BCUT2D eigenvalue weighted by Gasteiger charge is -2.34. The summed E-state index contributed by atoms with van der Waals surface area (Å²) in [6, 6.07) is 5.14. The van der Waals surface area contributed by atoms with Gasteiger partial charge in [0.2, 0.25) is 5.91 Å². The van der Waals surface area contributed by atoms with E-state index in [0.29, 0.717) is 24.7 Å². The van der Waals surface area contributed by atoms with E-state index in [1.165, 1.54) is 17.7 Å². The van der Waals surface area contributed by atoms with Gasteiger partial charge in [0, 0.05) is 39.4 Å². The second kappa shape index (κ2) is 7.15. The molecule has 3 heterocycles. The van der Waals surface area contributed by atoms with Crippen LogP contribution in [0.2, 0.25) is 0 Å². The maximum absolute atomic E-state index is 12.6. The Morgan fingerprint density at radius 1 is 1.23 bits per heavy atom. The molecule has 1 N–H and O–H groups in total. The maximum atomic E-state index is 12.6. The minimum absolute atomic E-state index is 0.0957. The molecule has 0 saturated carbocycles. The Balaban J connectivity index is 1.78. The summed E-state index contributed by atoms with van der Waals surface area (Å²) in [5.41, 5.74) is 0.303. The van der Waals surface area contributed by atoms with E-state index in [4.69, 9.17) is 0 Å². The molecule has 1 aliphatic heterocycles. The van der Waals surface area contributed by atoms with Gasteiger partial charge in [-0.25, -0.2) is 9.78 Å². The maximum Gasteiger partial charge on any atom is 0.332 e.